The van der Waals surface area contributed by atoms with Gasteiger partial charge in [0.1, 0.15) is 11.5 Å². The Bertz CT molecular complexity index is 777. The third-order valence-corrected chi connectivity index (χ3v) is 5.18. The lowest BCUT2D eigenvalue weighted by atomic mass is 10.0. The van der Waals surface area contributed by atoms with Gasteiger partial charge in [-0.3, -0.25) is 9.69 Å². The number of aromatic amines is 1. The number of carboxylic acid groups (broad SMARTS) is 1. The Kier molecular flexibility index (Phi) is 5.19. The number of fused-ring (bicyclic) bond motifs is 1. The summed E-state index contributed by atoms with van der Waals surface area (Å²) in [4.78, 5) is 22.0. The van der Waals surface area contributed by atoms with Gasteiger partial charge in [-0.05, 0) is 18.4 Å². The minimum absolute atomic E-state index is 0.442. The third kappa shape index (κ3) is 3.32. The molecule has 0 saturated heterocycles. The van der Waals surface area contributed by atoms with Gasteiger partial charge in [0.2, 0.25) is 0 Å². The van der Waals surface area contributed by atoms with Crippen LogP contribution in [0.25, 0.3) is 0 Å². The molecule has 0 saturated carbocycles. The molecule has 0 amide bonds. The zero-order valence-electron chi connectivity index (χ0n) is 14.4. The quantitative estimate of drug-likeness (QED) is 0.762. The van der Waals surface area contributed by atoms with Crippen molar-refractivity contribution in [3.05, 3.63) is 35.4 Å². The van der Waals surface area contributed by atoms with E-state index in [2.05, 4.69) is 9.97 Å². The summed E-state index contributed by atoms with van der Waals surface area (Å²) in [5, 5.41) is 9.71. The Labute approximate surface area is 150 Å². The fraction of sp³-hybridized carbons (Fsp3) is 0.412. The first-order chi connectivity index (χ1) is 12.1. The van der Waals surface area contributed by atoms with Gasteiger partial charge in [0.15, 0.2) is 6.04 Å². The van der Waals surface area contributed by atoms with Gasteiger partial charge in [0.05, 0.1) is 31.1 Å². The maximum Gasteiger partial charge on any atom is 0.327 e. The molecule has 25 heavy (non-hydrogen) atoms. The Morgan fingerprint density at radius 2 is 2.16 bits per heavy atom. The number of rotatable bonds is 6. The maximum atomic E-state index is 11.8. The van der Waals surface area contributed by atoms with Crippen LogP contribution in [0.2, 0.25) is 0 Å². The molecular weight excluding hydrogens is 342 g/mol. The largest absolute Gasteiger partial charge is 0.496 e. The molecule has 2 heterocycles. The number of thioether (sulfide) groups is 1. The monoisotopic (exact) mass is 363 g/mol. The number of ether oxygens (including phenoxy) is 2. The third-order valence-electron chi connectivity index (χ3n) is 4.42. The highest BCUT2D eigenvalue weighted by Crippen LogP contribution is 2.37. The second kappa shape index (κ2) is 7.37. The van der Waals surface area contributed by atoms with Crippen LogP contribution in [-0.2, 0) is 17.8 Å². The first-order valence-corrected chi connectivity index (χ1v) is 9.09. The van der Waals surface area contributed by atoms with E-state index >= 15 is 0 Å². The van der Waals surface area contributed by atoms with Crippen molar-refractivity contribution in [2.45, 2.75) is 23.9 Å². The zero-order chi connectivity index (χ0) is 18.0. The summed E-state index contributed by atoms with van der Waals surface area (Å²) < 4.78 is 11.0. The van der Waals surface area contributed by atoms with Crippen LogP contribution < -0.4 is 9.47 Å². The number of methoxy groups -OCH3 is 2. The minimum Gasteiger partial charge on any atom is -0.496 e. The van der Waals surface area contributed by atoms with Gasteiger partial charge in [-0.1, -0.05) is 0 Å². The number of carboxylic acids is 1. The van der Waals surface area contributed by atoms with Gasteiger partial charge in [-0.25, -0.2) is 4.98 Å². The first kappa shape index (κ1) is 17.6. The number of aliphatic carboxylic acids is 1. The molecule has 1 aliphatic rings. The average molecular weight is 363 g/mol. The minimum atomic E-state index is -0.903. The summed E-state index contributed by atoms with van der Waals surface area (Å²) in [5.41, 5.74) is 2.37. The van der Waals surface area contributed by atoms with E-state index in [1.165, 1.54) is 0 Å². The highest BCUT2D eigenvalue weighted by Gasteiger charge is 2.35. The predicted octanol–water partition coefficient (Wildman–Crippen LogP) is 2.33. The SMILES string of the molecule is COc1cc(SC)c(OC)cc1CN1CCc2[nH]cnc2[C@@H]1C(=O)O. The van der Waals surface area contributed by atoms with Crippen LogP contribution in [0.3, 0.4) is 0 Å². The molecule has 0 bridgehead atoms. The summed E-state index contributed by atoms with van der Waals surface area (Å²) in [6, 6.07) is 3.08. The summed E-state index contributed by atoms with van der Waals surface area (Å²) in [7, 11) is 3.24. The molecule has 0 spiro atoms. The predicted molar refractivity (Wildman–Crippen MR) is 94.4 cm³/mol. The van der Waals surface area contributed by atoms with Crippen molar-refractivity contribution >= 4 is 17.7 Å². The van der Waals surface area contributed by atoms with Gasteiger partial charge in [-0.2, -0.15) is 0 Å². The number of H-pyrrole nitrogens is 1. The number of hydrogen-bond acceptors (Lipinski definition) is 6. The number of carbonyl (C=O) groups is 1. The van der Waals surface area contributed by atoms with E-state index in [-0.39, 0.29) is 0 Å². The molecular formula is C17H21N3O4S. The highest BCUT2D eigenvalue weighted by atomic mass is 32.2. The standard InChI is InChI=1S/C17H21N3O4S/c1-23-12-7-14(25-3)13(24-2)6-10(12)8-20-5-4-11-15(19-9-18-11)16(20)17(21)22/h6-7,9,16H,4-5,8H2,1-3H3,(H,18,19)(H,21,22)/t16-/m1/s1. The van der Waals surface area contributed by atoms with E-state index < -0.39 is 12.0 Å². The van der Waals surface area contributed by atoms with Crippen molar-refractivity contribution in [2.24, 2.45) is 0 Å². The van der Waals surface area contributed by atoms with Gasteiger partial charge >= 0.3 is 5.97 Å². The molecule has 1 atom stereocenters. The Balaban J connectivity index is 1.95. The summed E-state index contributed by atoms with van der Waals surface area (Å²) in [5.74, 6) is 0.578. The Morgan fingerprint density at radius 3 is 2.80 bits per heavy atom. The van der Waals surface area contributed by atoms with E-state index in [9.17, 15) is 9.90 Å². The molecule has 1 aromatic carbocycles. The molecule has 1 aromatic heterocycles. The number of nitrogens with one attached hydrogen (secondary N) is 1. The van der Waals surface area contributed by atoms with E-state index in [0.717, 1.165) is 34.1 Å². The van der Waals surface area contributed by atoms with Crippen LogP contribution in [-0.4, -0.2) is 53.0 Å². The van der Waals surface area contributed by atoms with E-state index in [0.29, 0.717) is 18.8 Å². The van der Waals surface area contributed by atoms with E-state index in [1.54, 1.807) is 32.3 Å². The number of aromatic nitrogens is 2. The van der Waals surface area contributed by atoms with Crippen LogP contribution in [0, 0.1) is 0 Å². The second-order valence-electron chi connectivity index (χ2n) is 5.75. The highest BCUT2D eigenvalue weighted by molar-refractivity contribution is 7.98. The number of benzene rings is 1. The van der Waals surface area contributed by atoms with Crippen LogP contribution in [0.4, 0.5) is 0 Å². The molecule has 134 valence electrons. The second-order valence-corrected chi connectivity index (χ2v) is 6.59. The topological polar surface area (TPSA) is 87.7 Å². The van der Waals surface area contributed by atoms with Crippen molar-refractivity contribution in [3.8, 4) is 11.5 Å². The first-order valence-electron chi connectivity index (χ1n) is 7.87. The fourth-order valence-corrected chi connectivity index (χ4v) is 3.77. The average Bonchev–Trinajstić information content (AvgIpc) is 3.09. The van der Waals surface area contributed by atoms with Gasteiger partial charge in [-0.15, -0.1) is 11.8 Å². The molecule has 2 aromatic rings. The molecule has 1 aliphatic heterocycles. The van der Waals surface area contributed by atoms with Gasteiger partial charge in [0, 0.05) is 30.8 Å². The maximum absolute atomic E-state index is 11.8. The van der Waals surface area contributed by atoms with Gasteiger partial charge < -0.3 is 19.6 Å². The van der Waals surface area contributed by atoms with Gasteiger partial charge in [0.25, 0.3) is 0 Å². The zero-order valence-corrected chi connectivity index (χ0v) is 15.2. The van der Waals surface area contributed by atoms with Crippen molar-refractivity contribution in [2.75, 3.05) is 27.0 Å². The van der Waals surface area contributed by atoms with Crippen LogP contribution in [0.15, 0.2) is 23.4 Å². The Morgan fingerprint density at radius 1 is 1.40 bits per heavy atom. The summed E-state index contributed by atoms with van der Waals surface area (Å²) >= 11 is 1.57. The number of hydrogen-bond donors (Lipinski definition) is 2. The lowest BCUT2D eigenvalue weighted by Crippen LogP contribution is -2.39. The normalized spacial score (nSPS) is 17.2. The molecule has 2 N–H and O–H groups in total. The van der Waals surface area contributed by atoms with Crippen molar-refractivity contribution < 1.29 is 19.4 Å². The lowest BCUT2D eigenvalue weighted by molar-refractivity contribution is -0.144. The molecule has 0 unspecified atom stereocenters. The van der Waals surface area contributed by atoms with E-state index in [1.807, 2.05) is 23.3 Å². The molecule has 8 heteroatoms. The van der Waals surface area contributed by atoms with Crippen molar-refractivity contribution in [1.82, 2.24) is 14.9 Å². The van der Waals surface area contributed by atoms with E-state index in [4.69, 9.17) is 9.47 Å². The fourth-order valence-electron chi connectivity index (χ4n) is 3.20. The smallest absolute Gasteiger partial charge is 0.327 e. The molecule has 3 rings (SSSR count). The molecule has 0 aliphatic carbocycles. The number of imidazole rings is 1. The van der Waals surface area contributed by atoms with Crippen LogP contribution >= 0.6 is 11.8 Å². The lowest BCUT2D eigenvalue weighted by Gasteiger charge is -2.32. The number of nitrogens with zero attached hydrogens (tertiary/aromatic N) is 2. The Hall–Kier alpha value is -2.19. The molecule has 0 radical (unpaired) electrons. The van der Waals surface area contributed by atoms with Crippen LogP contribution in [0.1, 0.15) is 23.0 Å². The van der Waals surface area contributed by atoms with Crippen LogP contribution in [0.5, 0.6) is 11.5 Å². The summed E-state index contributed by atoms with van der Waals surface area (Å²) in [6.07, 6.45) is 4.27. The molecule has 7 nitrogen and oxygen atoms in total. The van der Waals surface area contributed by atoms with Crippen molar-refractivity contribution in [3.63, 3.8) is 0 Å². The molecule has 0 fully saturated rings. The summed E-state index contributed by atoms with van der Waals surface area (Å²) in [6.45, 7) is 1.07. The van der Waals surface area contributed by atoms with Crippen molar-refractivity contribution in [1.29, 1.82) is 0 Å².